The summed E-state index contributed by atoms with van der Waals surface area (Å²) >= 11 is 10.2. The quantitative estimate of drug-likeness (QED) is 0.379. The largest absolute Gasteiger partial charge is 0.297 e. The van der Waals surface area contributed by atoms with Gasteiger partial charge in [0.25, 0.3) is 16.1 Å². The summed E-state index contributed by atoms with van der Waals surface area (Å²) in [6, 6.07) is 0. The molecule has 0 spiro atoms. The molecule has 7 heteroatoms. The molecular weight excluding hydrogens is 201 g/mol. The summed E-state index contributed by atoms with van der Waals surface area (Å²) in [4.78, 5) is 9.48. The van der Waals surface area contributed by atoms with E-state index in [9.17, 15) is 13.2 Å². The Bertz CT molecular complexity index is 258. The third-order valence-corrected chi connectivity index (χ3v) is 3.00. The Balaban J connectivity index is 4.97. The lowest BCUT2D eigenvalue weighted by Gasteiger charge is -2.06. The molecule has 0 amide bonds. The van der Waals surface area contributed by atoms with Gasteiger partial charge in [0.1, 0.15) is 0 Å². The summed E-state index contributed by atoms with van der Waals surface area (Å²) < 4.78 is 21.5. The van der Waals surface area contributed by atoms with Crippen LogP contribution in [0.25, 0.3) is 0 Å². The number of isocyanates is 1. The number of hydrogen-bond donors (Lipinski definition) is 0. The molecule has 0 aromatic carbocycles. The van der Waals surface area contributed by atoms with Gasteiger partial charge in [0, 0.05) is 0 Å². The van der Waals surface area contributed by atoms with E-state index in [1.807, 2.05) is 0 Å². The lowest BCUT2D eigenvalue weighted by Crippen LogP contribution is -2.19. The average Bonchev–Trinajstić information content (AvgIpc) is 1.61. The van der Waals surface area contributed by atoms with Crippen molar-refractivity contribution in [2.24, 2.45) is 4.40 Å². The van der Waals surface area contributed by atoms with Gasteiger partial charge in [0.05, 0.1) is 0 Å². The second-order valence-electron chi connectivity index (χ2n) is 1.47. The van der Waals surface area contributed by atoms with E-state index >= 15 is 0 Å². The highest BCUT2D eigenvalue weighted by molar-refractivity contribution is 7.94. The zero-order valence-electron chi connectivity index (χ0n) is 4.84. The van der Waals surface area contributed by atoms with E-state index in [1.54, 1.807) is 0 Å². The minimum Gasteiger partial charge on any atom is -0.210 e. The Morgan fingerprint density at radius 1 is 1.50 bits per heavy atom. The molecule has 0 atom stereocenters. The summed E-state index contributed by atoms with van der Waals surface area (Å²) in [5, 5.41) is 0. The molecule has 10 heavy (non-hydrogen) atoms. The summed E-state index contributed by atoms with van der Waals surface area (Å²) in [5.41, 5.74) is 0. The number of sulfonamides is 1. The van der Waals surface area contributed by atoms with E-state index in [0.29, 0.717) is 0 Å². The third-order valence-electron chi connectivity index (χ3n) is 0.610. The maximum Gasteiger partial charge on any atom is 0.297 e. The second-order valence-corrected chi connectivity index (χ2v) is 5.57. The predicted octanol–water partition coefficient (Wildman–Crippen LogP) is 0.803. The Morgan fingerprint density at radius 2 is 1.90 bits per heavy atom. The minimum atomic E-state index is -4.12. The standard InChI is InChI=1S/C3H3Cl2NO3S/c1-3(4,5)10(8,9)6-2-7/h1H3. The fraction of sp³-hybridized carbons (Fsp3) is 0.667. The predicted molar refractivity (Wildman–Crippen MR) is 37.2 cm³/mol. The van der Waals surface area contributed by atoms with Crippen LogP contribution in [0, 0.1) is 0 Å². The number of alkyl halides is 2. The molecule has 0 rings (SSSR count). The smallest absolute Gasteiger partial charge is 0.210 e. The van der Waals surface area contributed by atoms with Gasteiger partial charge >= 0.3 is 0 Å². The fourth-order valence-electron chi connectivity index (χ4n) is 0.129. The van der Waals surface area contributed by atoms with Crippen molar-refractivity contribution in [3.8, 4) is 0 Å². The number of nitrogens with zero attached hydrogens (tertiary/aromatic N) is 1. The van der Waals surface area contributed by atoms with Crippen molar-refractivity contribution in [3.63, 3.8) is 0 Å². The van der Waals surface area contributed by atoms with Gasteiger partial charge in [-0.3, -0.25) is 0 Å². The average molecular weight is 204 g/mol. The van der Waals surface area contributed by atoms with Crippen LogP contribution in [0.1, 0.15) is 6.92 Å². The van der Waals surface area contributed by atoms with Crippen LogP contribution < -0.4 is 0 Å². The summed E-state index contributed by atoms with van der Waals surface area (Å²) in [7, 11) is -4.12. The van der Waals surface area contributed by atoms with Crippen LogP contribution in [0.4, 0.5) is 0 Å². The van der Waals surface area contributed by atoms with Crippen LogP contribution in [-0.4, -0.2) is 18.2 Å². The molecule has 0 saturated carbocycles. The first-order valence-electron chi connectivity index (χ1n) is 2.03. The van der Waals surface area contributed by atoms with Gasteiger partial charge < -0.3 is 0 Å². The molecule has 0 fully saturated rings. The van der Waals surface area contributed by atoms with Crippen molar-refractivity contribution in [1.29, 1.82) is 0 Å². The number of halogens is 2. The van der Waals surface area contributed by atoms with Gasteiger partial charge in [-0.1, -0.05) is 27.6 Å². The fourth-order valence-corrected chi connectivity index (χ4v) is 0.595. The molecule has 0 aliphatic heterocycles. The minimum absolute atomic E-state index is 0.833. The lowest BCUT2D eigenvalue weighted by atomic mass is 10.9. The summed E-state index contributed by atoms with van der Waals surface area (Å²) in [6.07, 6.45) is 0.833. The van der Waals surface area contributed by atoms with Gasteiger partial charge in [-0.05, 0) is 6.92 Å². The molecule has 0 saturated heterocycles. The molecule has 0 aliphatic rings. The van der Waals surface area contributed by atoms with Crippen molar-refractivity contribution in [1.82, 2.24) is 0 Å². The zero-order chi connectivity index (χ0) is 8.41. The first kappa shape index (κ1) is 9.91. The van der Waals surface area contributed by atoms with Crippen molar-refractivity contribution in [2.45, 2.75) is 10.6 Å². The highest BCUT2D eigenvalue weighted by Crippen LogP contribution is 2.27. The van der Waals surface area contributed by atoms with E-state index in [0.717, 1.165) is 13.0 Å². The second kappa shape index (κ2) is 2.88. The van der Waals surface area contributed by atoms with Gasteiger partial charge in [-0.25, -0.2) is 13.2 Å². The molecule has 58 valence electrons. The van der Waals surface area contributed by atoms with E-state index in [4.69, 9.17) is 23.2 Å². The first-order valence-corrected chi connectivity index (χ1v) is 4.22. The Hall–Kier alpha value is -0.0900. The lowest BCUT2D eigenvalue weighted by molar-refractivity contribution is 0.563. The molecular formula is C3H3Cl2NO3S. The monoisotopic (exact) mass is 203 g/mol. The van der Waals surface area contributed by atoms with Crippen LogP contribution in [0.5, 0.6) is 0 Å². The van der Waals surface area contributed by atoms with E-state index < -0.39 is 13.7 Å². The molecule has 0 aromatic heterocycles. The maximum atomic E-state index is 10.6. The molecule has 4 nitrogen and oxygen atoms in total. The van der Waals surface area contributed by atoms with Crippen LogP contribution in [0.15, 0.2) is 4.40 Å². The number of rotatable bonds is 2. The normalized spacial score (nSPS) is 12.3. The van der Waals surface area contributed by atoms with Crippen LogP contribution in [0.2, 0.25) is 0 Å². The molecule has 0 aliphatic carbocycles. The van der Waals surface area contributed by atoms with Gasteiger partial charge in [-0.2, -0.15) is 0 Å². The van der Waals surface area contributed by atoms with Crippen LogP contribution >= 0.6 is 23.2 Å². The van der Waals surface area contributed by atoms with E-state index in [1.165, 1.54) is 0 Å². The van der Waals surface area contributed by atoms with Crippen molar-refractivity contribution in [3.05, 3.63) is 0 Å². The van der Waals surface area contributed by atoms with Crippen molar-refractivity contribution >= 4 is 39.3 Å². The van der Waals surface area contributed by atoms with Crippen molar-refractivity contribution in [2.75, 3.05) is 0 Å². The molecule has 0 bridgehead atoms. The third kappa shape index (κ3) is 2.27. The van der Waals surface area contributed by atoms with Crippen molar-refractivity contribution < 1.29 is 13.2 Å². The number of carbonyl (C=O) groups excluding carboxylic acids is 1. The Kier molecular flexibility index (Phi) is 2.86. The summed E-state index contributed by atoms with van der Waals surface area (Å²) in [5.74, 6) is 0. The molecule has 0 N–H and O–H groups in total. The van der Waals surface area contributed by atoms with Gasteiger partial charge in [0.2, 0.25) is 3.67 Å². The topological polar surface area (TPSA) is 63.6 Å². The molecule has 0 unspecified atom stereocenters. The Morgan fingerprint density at radius 3 is 2.00 bits per heavy atom. The maximum absolute atomic E-state index is 10.6. The van der Waals surface area contributed by atoms with Gasteiger partial charge in [0.15, 0.2) is 0 Å². The molecule has 0 radical (unpaired) electrons. The molecule has 0 aromatic rings. The molecule has 0 heterocycles. The first-order chi connectivity index (χ1) is 4.31. The highest BCUT2D eigenvalue weighted by atomic mass is 35.5. The summed E-state index contributed by atoms with van der Waals surface area (Å²) in [6.45, 7) is 0.992. The van der Waals surface area contributed by atoms with Gasteiger partial charge in [-0.15, -0.1) is 0 Å². The SMILES string of the molecule is CC(Cl)(Cl)S(=O)(=O)N=C=O. The van der Waals surface area contributed by atoms with E-state index in [2.05, 4.69) is 4.40 Å². The zero-order valence-corrected chi connectivity index (χ0v) is 7.16. The van der Waals surface area contributed by atoms with E-state index in [-0.39, 0.29) is 0 Å². The Labute approximate surface area is 67.9 Å². The number of hydrogen-bond acceptors (Lipinski definition) is 3. The van der Waals surface area contributed by atoms with Crippen LogP contribution in [-0.2, 0) is 14.8 Å². The van der Waals surface area contributed by atoms with Crippen LogP contribution in [0.3, 0.4) is 0 Å². The highest BCUT2D eigenvalue weighted by Gasteiger charge is 2.34.